The lowest BCUT2D eigenvalue weighted by molar-refractivity contribution is -0.00716. The molecule has 16 heteroatoms. The van der Waals surface area contributed by atoms with Gasteiger partial charge in [0.05, 0.1) is 12.1 Å². The number of carbonyl (C=O) groups is 2. The summed E-state index contributed by atoms with van der Waals surface area (Å²) >= 11 is 0. The van der Waals surface area contributed by atoms with Gasteiger partial charge in [-0.05, 0) is 58.9 Å². The van der Waals surface area contributed by atoms with Gasteiger partial charge in [-0.2, -0.15) is 0 Å². The summed E-state index contributed by atoms with van der Waals surface area (Å²) in [5, 5.41) is 7.98. The van der Waals surface area contributed by atoms with Crippen molar-refractivity contribution in [2.45, 2.75) is 84.6 Å². The van der Waals surface area contributed by atoms with Gasteiger partial charge in [-0.1, -0.05) is 0 Å². The SMILES string of the molecule is CC(C)N(CC(F)F)C(=O)c1cc(F)ccc1Oc1nncnc1N1CCC(Oc2ccnc3c2CN(CC2CN(C(=O)OC(C)(C)C)C2)CC3)CC1. The lowest BCUT2D eigenvalue weighted by Crippen LogP contribution is -2.55. The van der Waals surface area contributed by atoms with Crippen LogP contribution in [0, 0.1) is 11.7 Å². The van der Waals surface area contributed by atoms with Gasteiger partial charge < -0.3 is 28.9 Å². The number of carbonyl (C=O) groups excluding carboxylic acids is 2. The molecule has 3 aromatic rings. The van der Waals surface area contributed by atoms with E-state index >= 15 is 0 Å². The summed E-state index contributed by atoms with van der Waals surface area (Å²) in [5.41, 5.74) is 1.41. The van der Waals surface area contributed by atoms with E-state index in [0.29, 0.717) is 50.8 Å². The monoisotopic (exact) mass is 740 g/mol. The minimum Gasteiger partial charge on any atom is -0.490 e. The summed E-state index contributed by atoms with van der Waals surface area (Å²) < 4.78 is 59.1. The van der Waals surface area contributed by atoms with Crippen molar-refractivity contribution in [3.05, 3.63) is 59.4 Å². The van der Waals surface area contributed by atoms with Crippen molar-refractivity contribution in [2.75, 3.05) is 50.7 Å². The normalized spacial score (nSPS) is 17.1. The van der Waals surface area contributed by atoms with Crippen LogP contribution in [0.2, 0.25) is 0 Å². The molecule has 3 aliphatic rings. The van der Waals surface area contributed by atoms with Gasteiger partial charge in [-0.25, -0.2) is 22.9 Å². The molecule has 2 saturated heterocycles. The fourth-order valence-corrected chi connectivity index (χ4v) is 6.86. The standard InChI is InChI=1S/C37H47F3N8O5/c1-23(2)48(21-32(39)40)35(49)27-16-25(38)6-7-30(27)52-34-33(42-22-43-44-34)46-14-9-26(10-15-46)51-31-8-12-41-29-11-13-45(20-28(29)31)17-24-18-47(19-24)36(50)53-37(3,4)5/h6-8,12,16,22-24,26,32H,9-11,13-15,17-21H2,1-5H3. The first-order chi connectivity index (χ1) is 25.2. The number of halogens is 3. The summed E-state index contributed by atoms with van der Waals surface area (Å²) in [6, 6.07) is 4.72. The molecule has 0 saturated carbocycles. The molecule has 286 valence electrons. The van der Waals surface area contributed by atoms with E-state index in [9.17, 15) is 22.8 Å². The maximum atomic E-state index is 14.3. The zero-order valence-corrected chi connectivity index (χ0v) is 30.8. The zero-order chi connectivity index (χ0) is 37.9. The third kappa shape index (κ3) is 9.45. The minimum absolute atomic E-state index is 0.00135. The predicted molar refractivity (Wildman–Crippen MR) is 189 cm³/mol. The van der Waals surface area contributed by atoms with Crippen LogP contribution in [-0.4, -0.2) is 117 Å². The average molecular weight is 741 g/mol. The summed E-state index contributed by atoms with van der Waals surface area (Å²) in [6.45, 7) is 13.0. The highest BCUT2D eigenvalue weighted by Gasteiger charge is 2.36. The van der Waals surface area contributed by atoms with Crippen molar-refractivity contribution >= 4 is 17.8 Å². The van der Waals surface area contributed by atoms with E-state index in [4.69, 9.17) is 14.2 Å². The number of aromatic nitrogens is 4. The molecule has 2 fully saturated rings. The van der Waals surface area contributed by atoms with Crippen molar-refractivity contribution in [1.29, 1.82) is 0 Å². The van der Waals surface area contributed by atoms with Gasteiger partial charge >= 0.3 is 6.09 Å². The summed E-state index contributed by atoms with van der Waals surface area (Å²) in [5.74, 6) is 0.0385. The number of rotatable bonds is 11. The van der Waals surface area contributed by atoms with E-state index in [1.54, 1.807) is 24.9 Å². The van der Waals surface area contributed by atoms with Gasteiger partial charge in [0.15, 0.2) is 5.82 Å². The van der Waals surface area contributed by atoms with E-state index in [2.05, 4.69) is 25.1 Å². The van der Waals surface area contributed by atoms with Gasteiger partial charge in [0, 0.05) is 94.5 Å². The Morgan fingerprint density at radius 1 is 1.04 bits per heavy atom. The molecule has 0 aliphatic carbocycles. The first-order valence-electron chi connectivity index (χ1n) is 18.1. The Morgan fingerprint density at radius 3 is 2.49 bits per heavy atom. The van der Waals surface area contributed by atoms with Crippen molar-refractivity contribution in [2.24, 2.45) is 5.92 Å². The van der Waals surface area contributed by atoms with E-state index in [1.807, 2.05) is 31.7 Å². The lowest BCUT2D eigenvalue weighted by atomic mass is 9.97. The highest BCUT2D eigenvalue weighted by Crippen LogP contribution is 2.35. The maximum Gasteiger partial charge on any atom is 0.410 e. The number of fused-ring (bicyclic) bond motifs is 1. The van der Waals surface area contributed by atoms with Crippen LogP contribution in [0.15, 0.2) is 36.8 Å². The summed E-state index contributed by atoms with van der Waals surface area (Å²) in [4.78, 5) is 41.9. The Labute approximate surface area is 307 Å². The third-order valence-corrected chi connectivity index (χ3v) is 9.48. The molecular weight excluding hydrogens is 693 g/mol. The van der Waals surface area contributed by atoms with Crippen LogP contribution >= 0.6 is 0 Å². The molecule has 5 heterocycles. The predicted octanol–water partition coefficient (Wildman–Crippen LogP) is 5.59. The van der Waals surface area contributed by atoms with Gasteiger partial charge in [-0.3, -0.25) is 14.7 Å². The van der Waals surface area contributed by atoms with Crippen molar-refractivity contribution in [1.82, 2.24) is 34.9 Å². The number of pyridine rings is 1. The number of anilines is 1. The number of alkyl halides is 2. The van der Waals surface area contributed by atoms with Gasteiger partial charge in [0.2, 0.25) is 0 Å². The number of benzene rings is 1. The van der Waals surface area contributed by atoms with E-state index in [0.717, 1.165) is 60.1 Å². The van der Waals surface area contributed by atoms with Crippen molar-refractivity contribution in [3.8, 4) is 17.4 Å². The highest BCUT2D eigenvalue weighted by molar-refractivity contribution is 5.97. The molecule has 6 rings (SSSR count). The number of ether oxygens (including phenoxy) is 3. The smallest absolute Gasteiger partial charge is 0.410 e. The van der Waals surface area contributed by atoms with E-state index in [1.165, 1.54) is 12.4 Å². The third-order valence-electron chi connectivity index (χ3n) is 9.48. The van der Waals surface area contributed by atoms with Gasteiger partial charge in [0.25, 0.3) is 18.2 Å². The van der Waals surface area contributed by atoms with E-state index < -0.39 is 36.3 Å². The molecule has 0 atom stereocenters. The zero-order valence-electron chi connectivity index (χ0n) is 30.8. The largest absolute Gasteiger partial charge is 0.490 e. The number of piperidine rings is 1. The van der Waals surface area contributed by atoms with Crippen LogP contribution in [0.1, 0.15) is 69.1 Å². The second-order valence-corrected chi connectivity index (χ2v) is 15.0. The number of hydrogen-bond acceptors (Lipinski definition) is 11. The quantitative estimate of drug-likeness (QED) is 0.244. The molecule has 1 aromatic carbocycles. The highest BCUT2D eigenvalue weighted by atomic mass is 19.3. The molecule has 3 aliphatic heterocycles. The number of nitrogens with zero attached hydrogens (tertiary/aromatic N) is 8. The van der Waals surface area contributed by atoms with Gasteiger partial charge in [-0.15, -0.1) is 10.2 Å². The van der Waals surface area contributed by atoms with Crippen LogP contribution in [0.25, 0.3) is 0 Å². The number of likely N-dealkylation sites (tertiary alicyclic amines) is 1. The van der Waals surface area contributed by atoms with E-state index in [-0.39, 0.29) is 29.4 Å². The van der Waals surface area contributed by atoms with Crippen LogP contribution < -0.4 is 14.4 Å². The Kier molecular flexibility index (Phi) is 11.5. The molecule has 2 aromatic heterocycles. The van der Waals surface area contributed by atoms with Crippen LogP contribution in [0.4, 0.5) is 23.8 Å². The molecule has 0 radical (unpaired) electrons. The first-order valence-corrected chi connectivity index (χ1v) is 18.1. The molecule has 0 bridgehead atoms. The Bertz CT molecular complexity index is 1760. The van der Waals surface area contributed by atoms with Crippen LogP contribution in [0.3, 0.4) is 0 Å². The molecule has 0 N–H and O–H groups in total. The average Bonchev–Trinajstić information content (AvgIpc) is 3.09. The Morgan fingerprint density at radius 2 is 1.79 bits per heavy atom. The molecule has 2 amide bonds. The number of hydrogen-bond donors (Lipinski definition) is 0. The van der Waals surface area contributed by atoms with Crippen LogP contribution in [0.5, 0.6) is 17.4 Å². The molecule has 53 heavy (non-hydrogen) atoms. The van der Waals surface area contributed by atoms with Crippen molar-refractivity contribution < 1.29 is 37.0 Å². The lowest BCUT2D eigenvalue weighted by Gasteiger charge is -2.42. The Hall–Kier alpha value is -4.73. The molecular formula is C37H47F3N8O5. The second-order valence-electron chi connectivity index (χ2n) is 15.0. The minimum atomic E-state index is -2.77. The Balaban J connectivity index is 1.07. The topological polar surface area (TPSA) is 126 Å². The first kappa shape index (κ1) is 38.0. The summed E-state index contributed by atoms with van der Waals surface area (Å²) in [6.07, 6.45) is 2.15. The molecule has 0 spiro atoms. The summed E-state index contributed by atoms with van der Waals surface area (Å²) in [7, 11) is 0. The molecule has 13 nitrogen and oxygen atoms in total. The fraction of sp³-hybridized carbons (Fsp3) is 0.568. The fourth-order valence-electron chi connectivity index (χ4n) is 6.86. The maximum absolute atomic E-state index is 14.3. The number of amides is 2. The second kappa shape index (κ2) is 16.1. The molecule has 0 unspecified atom stereocenters. The van der Waals surface area contributed by atoms with Crippen LogP contribution in [-0.2, 0) is 17.7 Å². The van der Waals surface area contributed by atoms with Gasteiger partial charge in [0.1, 0.15) is 35.3 Å². The van der Waals surface area contributed by atoms with Crippen molar-refractivity contribution in [3.63, 3.8) is 0 Å².